The number of nitrogens with one attached hydrogen (secondary N) is 1. The lowest BCUT2D eigenvalue weighted by Gasteiger charge is -2.14. The fourth-order valence-electron chi connectivity index (χ4n) is 3.88. The van der Waals surface area contributed by atoms with Crippen LogP contribution in [0.3, 0.4) is 0 Å². The zero-order valence-corrected chi connectivity index (χ0v) is 22.2. The maximum absolute atomic E-state index is 12.7. The largest absolute Gasteiger partial charge is 0.485 e. The maximum Gasteiger partial charge on any atom is 0.234 e. The molecular formula is C29H32N4O2S. The Morgan fingerprint density at radius 3 is 2.25 bits per heavy atom. The Morgan fingerprint density at radius 2 is 1.61 bits per heavy atom. The van der Waals surface area contributed by atoms with Crippen molar-refractivity contribution in [2.45, 2.75) is 52.3 Å². The number of hydrogen-bond donors (Lipinski definition) is 1. The molecule has 0 radical (unpaired) electrons. The zero-order chi connectivity index (χ0) is 25.7. The monoisotopic (exact) mass is 500 g/mol. The molecule has 1 amide bonds. The van der Waals surface area contributed by atoms with E-state index in [1.54, 1.807) is 0 Å². The molecule has 0 saturated heterocycles. The van der Waals surface area contributed by atoms with Crippen molar-refractivity contribution in [2.75, 3.05) is 11.1 Å². The van der Waals surface area contributed by atoms with Gasteiger partial charge >= 0.3 is 0 Å². The Labute approximate surface area is 217 Å². The molecule has 0 spiro atoms. The number of nitrogens with zero attached hydrogens (tertiary/aromatic N) is 3. The summed E-state index contributed by atoms with van der Waals surface area (Å²) in [6.45, 7) is 10.7. The molecule has 1 aromatic heterocycles. The molecule has 4 rings (SSSR count). The summed E-state index contributed by atoms with van der Waals surface area (Å²) in [5.41, 5.74) is 6.26. The van der Waals surface area contributed by atoms with Crippen LogP contribution in [0.15, 0.2) is 71.9 Å². The number of hydrogen-bond acceptors (Lipinski definition) is 5. The number of rotatable bonds is 9. The molecule has 3 aromatic carbocycles. The Bertz CT molecular complexity index is 1310. The molecule has 0 atom stereocenters. The average Bonchev–Trinajstić information content (AvgIpc) is 3.26. The molecule has 4 aromatic rings. The predicted octanol–water partition coefficient (Wildman–Crippen LogP) is 6.63. The zero-order valence-electron chi connectivity index (χ0n) is 21.4. The van der Waals surface area contributed by atoms with Gasteiger partial charge in [-0.1, -0.05) is 73.6 Å². The molecule has 0 aliphatic heterocycles. The van der Waals surface area contributed by atoms with Gasteiger partial charge in [-0.25, -0.2) is 0 Å². The van der Waals surface area contributed by atoms with E-state index in [1.165, 1.54) is 17.3 Å². The number of carbonyl (C=O) groups is 1. The Balaban J connectivity index is 1.50. The van der Waals surface area contributed by atoms with Crippen molar-refractivity contribution in [1.29, 1.82) is 0 Å². The van der Waals surface area contributed by atoms with Gasteiger partial charge in [-0.05, 0) is 67.6 Å². The summed E-state index contributed by atoms with van der Waals surface area (Å²) in [6.07, 6.45) is 0. The minimum Gasteiger partial charge on any atom is -0.485 e. The van der Waals surface area contributed by atoms with Crippen LogP contribution in [-0.2, 0) is 11.4 Å². The van der Waals surface area contributed by atoms with E-state index >= 15 is 0 Å². The number of aromatic nitrogens is 3. The molecule has 0 unspecified atom stereocenters. The van der Waals surface area contributed by atoms with Crippen LogP contribution in [0.2, 0.25) is 0 Å². The number of carbonyl (C=O) groups excluding carboxylic acids is 1. The minimum absolute atomic E-state index is 0.0934. The van der Waals surface area contributed by atoms with E-state index < -0.39 is 0 Å². The van der Waals surface area contributed by atoms with Crippen LogP contribution in [0.4, 0.5) is 5.69 Å². The minimum atomic E-state index is -0.0934. The van der Waals surface area contributed by atoms with Crippen LogP contribution in [0.5, 0.6) is 5.75 Å². The Hall–Kier alpha value is -3.58. The third-order valence-electron chi connectivity index (χ3n) is 5.94. The van der Waals surface area contributed by atoms with Crippen LogP contribution in [-0.4, -0.2) is 26.4 Å². The van der Waals surface area contributed by atoms with Gasteiger partial charge in [0, 0.05) is 11.4 Å². The summed E-state index contributed by atoms with van der Waals surface area (Å²) in [7, 11) is 0. The molecule has 0 aliphatic rings. The first kappa shape index (κ1) is 25.5. The molecular weight excluding hydrogens is 468 g/mol. The second-order valence-electron chi connectivity index (χ2n) is 9.19. The highest BCUT2D eigenvalue weighted by molar-refractivity contribution is 7.99. The molecule has 186 valence electrons. The number of benzene rings is 3. The normalized spacial score (nSPS) is 11.1. The van der Waals surface area contributed by atoms with Crippen molar-refractivity contribution in [2.24, 2.45) is 0 Å². The van der Waals surface area contributed by atoms with Crippen LogP contribution in [0.1, 0.15) is 47.8 Å². The maximum atomic E-state index is 12.7. The van der Waals surface area contributed by atoms with E-state index in [4.69, 9.17) is 4.74 Å². The van der Waals surface area contributed by atoms with Crippen molar-refractivity contribution in [3.63, 3.8) is 0 Å². The van der Waals surface area contributed by atoms with Crippen LogP contribution in [0.25, 0.3) is 5.69 Å². The van der Waals surface area contributed by atoms with Gasteiger partial charge in [-0.15, -0.1) is 10.2 Å². The van der Waals surface area contributed by atoms with E-state index in [2.05, 4.69) is 36.3 Å². The molecule has 1 N–H and O–H groups in total. The second-order valence-corrected chi connectivity index (χ2v) is 10.1. The van der Waals surface area contributed by atoms with Gasteiger partial charge in [-0.2, -0.15) is 0 Å². The number of anilines is 1. The molecule has 0 fully saturated rings. The molecule has 6 nitrogen and oxygen atoms in total. The first-order valence-electron chi connectivity index (χ1n) is 12.0. The van der Waals surface area contributed by atoms with Gasteiger partial charge in [0.1, 0.15) is 12.4 Å². The van der Waals surface area contributed by atoms with Gasteiger partial charge in [0.15, 0.2) is 11.0 Å². The predicted molar refractivity (Wildman–Crippen MR) is 146 cm³/mol. The quantitative estimate of drug-likeness (QED) is 0.261. The number of para-hydroxylation sites is 1. The van der Waals surface area contributed by atoms with Crippen molar-refractivity contribution in [3.05, 3.63) is 94.8 Å². The van der Waals surface area contributed by atoms with E-state index in [1.807, 2.05) is 85.1 Å². The van der Waals surface area contributed by atoms with Crippen molar-refractivity contribution in [3.8, 4) is 11.4 Å². The smallest absolute Gasteiger partial charge is 0.234 e. The lowest BCUT2D eigenvalue weighted by atomic mass is 10.0. The molecule has 0 saturated carbocycles. The summed E-state index contributed by atoms with van der Waals surface area (Å²) in [4.78, 5) is 12.7. The van der Waals surface area contributed by atoms with E-state index in [-0.39, 0.29) is 18.3 Å². The third-order valence-corrected chi connectivity index (χ3v) is 6.87. The van der Waals surface area contributed by atoms with Gasteiger partial charge in [-0.3, -0.25) is 9.36 Å². The summed E-state index contributed by atoms with van der Waals surface area (Å²) >= 11 is 1.35. The Kier molecular flexibility index (Phi) is 8.10. The Morgan fingerprint density at radius 1 is 0.944 bits per heavy atom. The molecule has 0 aliphatic carbocycles. The first-order valence-corrected chi connectivity index (χ1v) is 13.0. The summed E-state index contributed by atoms with van der Waals surface area (Å²) < 4.78 is 8.13. The molecule has 1 heterocycles. The highest BCUT2D eigenvalue weighted by Crippen LogP contribution is 2.26. The lowest BCUT2D eigenvalue weighted by Crippen LogP contribution is -2.15. The van der Waals surface area contributed by atoms with Crippen LogP contribution >= 0.6 is 11.8 Å². The topological polar surface area (TPSA) is 69.0 Å². The second kappa shape index (κ2) is 11.4. The van der Waals surface area contributed by atoms with E-state index in [0.29, 0.717) is 16.9 Å². The van der Waals surface area contributed by atoms with E-state index in [0.717, 1.165) is 33.8 Å². The van der Waals surface area contributed by atoms with Crippen LogP contribution in [0, 0.1) is 20.8 Å². The third kappa shape index (κ3) is 6.15. The number of thioether (sulfide) groups is 1. The SMILES string of the molecule is Cc1ccc(-n2c(COc3c(C)cccc3C)nnc2SCC(=O)Nc2ccc(C(C)C)cc2)cc1. The molecule has 0 bridgehead atoms. The lowest BCUT2D eigenvalue weighted by molar-refractivity contribution is -0.113. The van der Waals surface area contributed by atoms with Gasteiger partial charge in [0.2, 0.25) is 5.91 Å². The average molecular weight is 501 g/mol. The van der Waals surface area contributed by atoms with Gasteiger partial charge in [0.25, 0.3) is 0 Å². The standard InChI is InChI=1S/C29H32N4O2S/c1-19(2)23-11-13-24(14-12-23)30-27(34)18-36-29-32-31-26(33(29)25-15-9-20(3)10-16-25)17-35-28-21(4)7-6-8-22(28)5/h6-16,19H,17-18H2,1-5H3,(H,30,34). The fraction of sp³-hybridized carbons (Fsp3) is 0.276. The van der Waals surface area contributed by atoms with Gasteiger partial charge < -0.3 is 10.1 Å². The number of amides is 1. The van der Waals surface area contributed by atoms with Crippen molar-refractivity contribution >= 4 is 23.4 Å². The summed E-state index contributed by atoms with van der Waals surface area (Å²) in [5.74, 6) is 2.10. The van der Waals surface area contributed by atoms with Gasteiger partial charge in [0.05, 0.1) is 5.75 Å². The number of aryl methyl sites for hydroxylation is 3. The molecule has 7 heteroatoms. The first-order chi connectivity index (χ1) is 17.3. The highest BCUT2D eigenvalue weighted by atomic mass is 32.2. The van der Waals surface area contributed by atoms with E-state index in [9.17, 15) is 4.79 Å². The summed E-state index contributed by atoms with van der Waals surface area (Å²) in [6, 6.07) is 22.2. The fourth-order valence-corrected chi connectivity index (χ4v) is 4.65. The van der Waals surface area contributed by atoms with Crippen molar-refractivity contribution < 1.29 is 9.53 Å². The van der Waals surface area contributed by atoms with Crippen molar-refractivity contribution in [1.82, 2.24) is 14.8 Å². The molecule has 36 heavy (non-hydrogen) atoms. The van der Waals surface area contributed by atoms with Crippen LogP contribution < -0.4 is 10.1 Å². The number of ether oxygens (including phenoxy) is 1. The highest BCUT2D eigenvalue weighted by Gasteiger charge is 2.17. The summed E-state index contributed by atoms with van der Waals surface area (Å²) in [5, 5.41) is 12.4.